The van der Waals surface area contributed by atoms with E-state index in [-0.39, 0.29) is 11.3 Å². The second kappa shape index (κ2) is 12.9. The maximum Gasteiger partial charge on any atom is 0.266 e. The first-order valence-corrected chi connectivity index (χ1v) is 11.0. The van der Waals surface area contributed by atoms with E-state index in [0.29, 0.717) is 33.7 Å². The van der Waals surface area contributed by atoms with Crippen molar-refractivity contribution in [3.8, 4) is 17.6 Å². The Morgan fingerprint density at radius 1 is 1.10 bits per heavy atom. The zero-order valence-electron chi connectivity index (χ0n) is 17.5. The molecule has 0 fully saturated rings. The first-order chi connectivity index (χ1) is 14.9. The summed E-state index contributed by atoms with van der Waals surface area (Å²) >= 11 is 12.6. The maximum absolute atomic E-state index is 12.4. The number of phenolic OH excluding ortho intramolecular Hbond substituents is 1. The molecule has 2 aromatic carbocycles. The normalized spacial score (nSPS) is 11.1. The third-order valence-corrected chi connectivity index (χ3v) is 5.13. The lowest BCUT2D eigenvalue weighted by Crippen LogP contribution is -2.13. The second-order valence-corrected chi connectivity index (χ2v) is 7.92. The zero-order chi connectivity index (χ0) is 22.6. The number of ether oxygens (including phenoxy) is 1. The number of hydrogen-bond acceptors (Lipinski definition) is 4. The van der Waals surface area contributed by atoms with Crippen LogP contribution in [0.1, 0.15) is 51.0 Å². The van der Waals surface area contributed by atoms with Gasteiger partial charge in [0, 0.05) is 5.69 Å². The minimum Gasteiger partial charge on any atom is -0.508 e. The van der Waals surface area contributed by atoms with Gasteiger partial charge in [-0.05, 0) is 54.5 Å². The molecule has 5 nitrogen and oxygen atoms in total. The Balaban J connectivity index is 2.01. The lowest BCUT2D eigenvalue weighted by Gasteiger charge is -2.11. The number of amides is 1. The molecule has 0 spiro atoms. The molecule has 0 unspecified atom stereocenters. The maximum atomic E-state index is 12.4. The molecule has 0 aliphatic heterocycles. The minimum absolute atomic E-state index is 0.0807. The fraction of sp³-hybridized carbons (Fsp3) is 0.333. The van der Waals surface area contributed by atoms with Crippen LogP contribution >= 0.6 is 23.2 Å². The summed E-state index contributed by atoms with van der Waals surface area (Å²) in [5.74, 6) is -0.0953. The standard InChI is InChI=1S/C24H26Cl2N2O3/c1-2-3-4-5-6-7-12-31-23-21(25)14-17(15-22(23)26)13-18(16-27)24(30)28-19-8-10-20(29)11-9-19/h8-11,13-15,29H,2-7,12H2,1H3,(H,28,30)/b18-13+. The van der Waals surface area contributed by atoms with Gasteiger partial charge >= 0.3 is 0 Å². The quantitative estimate of drug-likeness (QED) is 0.164. The molecule has 7 heteroatoms. The van der Waals surface area contributed by atoms with Crippen molar-refractivity contribution in [3.63, 3.8) is 0 Å². The van der Waals surface area contributed by atoms with Crippen molar-refractivity contribution >= 4 is 40.9 Å². The molecule has 0 saturated carbocycles. The average Bonchev–Trinajstić information content (AvgIpc) is 2.74. The van der Waals surface area contributed by atoms with Gasteiger partial charge in [0.25, 0.3) is 5.91 Å². The van der Waals surface area contributed by atoms with Crippen molar-refractivity contribution in [2.45, 2.75) is 45.4 Å². The molecule has 1 amide bonds. The van der Waals surface area contributed by atoms with E-state index in [2.05, 4.69) is 12.2 Å². The van der Waals surface area contributed by atoms with Crippen molar-refractivity contribution < 1.29 is 14.6 Å². The van der Waals surface area contributed by atoms with Gasteiger partial charge in [-0.25, -0.2) is 0 Å². The van der Waals surface area contributed by atoms with Crippen molar-refractivity contribution in [1.82, 2.24) is 0 Å². The van der Waals surface area contributed by atoms with Gasteiger partial charge in [0.15, 0.2) is 5.75 Å². The van der Waals surface area contributed by atoms with Gasteiger partial charge in [-0.15, -0.1) is 0 Å². The molecule has 0 aliphatic rings. The predicted octanol–water partition coefficient (Wildman–Crippen LogP) is 6.98. The van der Waals surface area contributed by atoms with E-state index in [1.807, 2.05) is 6.07 Å². The molecular formula is C24H26Cl2N2O3. The SMILES string of the molecule is CCCCCCCCOc1c(Cl)cc(/C=C(\C#N)C(=O)Nc2ccc(O)cc2)cc1Cl. The number of rotatable bonds is 11. The lowest BCUT2D eigenvalue weighted by molar-refractivity contribution is -0.112. The van der Waals surface area contributed by atoms with Crippen molar-refractivity contribution in [1.29, 1.82) is 5.26 Å². The van der Waals surface area contributed by atoms with E-state index in [9.17, 15) is 15.2 Å². The molecule has 0 atom stereocenters. The van der Waals surface area contributed by atoms with Crippen LogP contribution in [0.4, 0.5) is 5.69 Å². The molecule has 164 valence electrons. The number of phenols is 1. The summed E-state index contributed by atoms with van der Waals surface area (Å²) in [5, 5.41) is 21.9. The fourth-order valence-electron chi connectivity index (χ4n) is 2.92. The van der Waals surface area contributed by atoms with Crippen LogP contribution in [0.15, 0.2) is 42.0 Å². The zero-order valence-corrected chi connectivity index (χ0v) is 19.0. The van der Waals surface area contributed by atoms with E-state index < -0.39 is 5.91 Å². The molecule has 0 bridgehead atoms. The van der Waals surface area contributed by atoms with E-state index >= 15 is 0 Å². The molecule has 0 saturated heterocycles. The Kier molecular flexibility index (Phi) is 10.2. The highest BCUT2D eigenvalue weighted by Crippen LogP contribution is 2.35. The molecule has 0 aromatic heterocycles. The van der Waals surface area contributed by atoms with E-state index in [1.54, 1.807) is 12.1 Å². The summed E-state index contributed by atoms with van der Waals surface area (Å²) in [6.45, 7) is 2.72. The molecule has 2 aromatic rings. The van der Waals surface area contributed by atoms with Crippen LogP contribution in [0, 0.1) is 11.3 Å². The highest BCUT2D eigenvalue weighted by Gasteiger charge is 2.13. The van der Waals surface area contributed by atoms with Gasteiger partial charge in [-0.3, -0.25) is 4.79 Å². The molecule has 2 rings (SSSR count). The summed E-state index contributed by atoms with van der Waals surface area (Å²) in [5.41, 5.74) is 0.860. The summed E-state index contributed by atoms with van der Waals surface area (Å²) in [7, 11) is 0. The highest BCUT2D eigenvalue weighted by atomic mass is 35.5. The number of anilines is 1. The van der Waals surface area contributed by atoms with Crippen molar-refractivity contribution in [3.05, 3.63) is 57.6 Å². The molecule has 0 radical (unpaired) electrons. The molecule has 0 heterocycles. The van der Waals surface area contributed by atoms with Gasteiger partial charge in [0.05, 0.1) is 16.7 Å². The largest absolute Gasteiger partial charge is 0.508 e. The first-order valence-electron chi connectivity index (χ1n) is 10.3. The van der Waals surface area contributed by atoms with Crippen LogP contribution in [-0.2, 0) is 4.79 Å². The number of benzene rings is 2. The molecule has 2 N–H and O–H groups in total. The first kappa shape index (κ1) is 24.6. The minimum atomic E-state index is -0.580. The number of aromatic hydroxyl groups is 1. The van der Waals surface area contributed by atoms with Crippen LogP contribution in [0.5, 0.6) is 11.5 Å². The molecule has 31 heavy (non-hydrogen) atoms. The van der Waals surface area contributed by atoms with Crippen LogP contribution < -0.4 is 10.1 Å². The monoisotopic (exact) mass is 460 g/mol. The second-order valence-electron chi connectivity index (χ2n) is 7.10. The summed E-state index contributed by atoms with van der Waals surface area (Å²) in [6, 6.07) is 11.0. The van der Waals surface area contributed by atoms with Crippen molar-refractivity contribution in [2.75, 3.05) is 11.9 Å². The van der Waals surface area contributed by atoms with Crippen molar-refractivity contribution in [2.24, 2.45) is 0 Å². The number of unbranched alkanes of at least 4 members (excludes halogenated alkanes) is 5. The summed E-state index contributed by atoms with van der Waals surface area (Å²) in [6.07, 6.45) is 8.32. The van der Waals surface area contributed by atoms with E-state index in [0.717, 1.165) is 12.8 Å². The highest BCUT2D eigenvalue weighted by molar-refractivity contribution is 6.37. The fourth-order valence-corrected chi connectivity index (χ4v) is 3.53. The van der Waals surface area contributed by atoms with Crippen LogP contribution in [-0.4, -0.2) is 17.6 Å². The average molecular weight is 461 g/mol. The summed E-state index contributed by atoms with van der Waals surface area (Å²) in [4.78, 5) is 12.4. The Morgan fingerprint density at radius 3 is 2.32 bits per heavy atom. The topological polar surface area (TPSA) is 82.3 Å². The Morgan fingerprint density at radius 2 is 1.71 bits per heavy atom. The van der Waals surface area contributed by atoms with Gasteiger partial charge in [0.2, 0.25) is 0 Å². The number of nitrogens with one attached hydrogen (secondary N) is 1. The van der Waals surface area contributed by atoms with E-state index in [4.69, 9.17) is 27.9 Å². The van der Waals surface area contributed by atoms with Crippen LogP contribution in [0.3, 0.4) is 0 Å². The Hall–Kier alpha value is -2.68. The number of nitrogens with zero attached hydrogens (tertiary/aromatic N) is 1. The van der Waals surface area contributed by atoms with Gasteiger partial charge < -0.3 is 15.2 Å². The van der Waals surface area contributed by atoms with Gasteiger partial charge in [-0.1, -0.05) is 62.2 Å². The number of nitriles is 1. The smallest absolute Gasteiger partial charge is 0.266 e. The number of carbonyl (C=O) groups is 1. The number of carbonyl (C=O) groups excluding carboxylic acids is 1. The Labute approximate surface area is 193 Å². The van der Waals surface area contributed by atoms with E-state index in [1.165, 1.54) is 56.0 Å². The predicted molar refractivity (Wildman–Crippen MR) is 126 cm³/mol. The van der Waals surface area contributed by atoms with Gasteiger partial charge in [0.1, 0.15) is 17.4 Å². The Bertz CT molecular complexity index is 927. The van der Waals surface area contributed by atoms with Gasteiger partial charge in [-0.2, -0.15) is 5.26 Å². The van der Waals surface area contributed by atoms with Crippen LogP contribution in [0.25, 0.3) is 6.08 Å². The summed E-state index contributed by atoms with van der Waals surface area (Å²) < 4.78 is 5.75. The number of hydrogen-bond donors (Lipinski definition) is 2. The third kappa shape index (κ3) is 8.16. The number of halogens is 2. The van der Waals surface area contributed by atoms with Crippen LogP contribution in [0.2, 0.25) is 10.0 Å². The lowest BCUT2D eigenvalue weighted by atomic mass is 10.1. The molecule has 0 aliphatic carbocycles. The molecular weight excluding hydrogens is 435 g/mol. The third-order valence-electron chi connectivity index (χ3n) is 4.57.